The highest BCUT2D eigenvalue weighted by atomic mass is 32.1. The molecule has 0 unspecified atom stereocenters. The number of carbonyl (C=O) groups is 2. The molecular weight excluding hydrogens is 434 g/mol. The van der Waals surface area contributed by atoms with Gasteiger partial charge in [0, 0.05) is 5.56 Å². The van der Waals surface area contributed by atoms with Crippen molar-refractivity contribution in [1.82, 2.24) is 5.32 Å². The van der Waals surface area contributed by atoms with Crippen LogP contribution in [0.3, 0.4) is 0 Å². The van der Waals surface area contributed by atoms with E-state index in [9.17, 15) is 18.4 Å². The summed E-state index contributed by atoms with van der Waals surface area (Å²) in [6.07, 6.45) is 1.38. The summed E-state index contributed by atoms with van der Waals surface area (Å²) in [5.41, 5.74) is 0.725. The van der Waals surface area contributed by atoms with Crippen molar-refractivity contribution in [1.29, 1.82) is 0 Å². The molecule has 1 N–H and O–H groups in total. The lowest BCUT2D eigenvalue weighted by molar-refractivity contribution is -0.122. The molecule has 0 spiro atoms. The molecule has 1 aliphatic rings. The molecule has 0 radical (unpaired) electrons. The minimum absolute atomic E-state index is 0.0507. The second-order valence-corrected chi connectivity index (χ2v) is 7.25. The Kier molecular flexibility index (Phi) is 6.04. The minimum Gasteiger partial charge on any atom is -0.489 e. The third-order valence-electron chi connectivity index (χ3n) is 4.74. The number of rotatable bonds is 5. The summed E-state index contributed by atoms with van der Waals surface area (Å²) in [4.78, 5) is 26.3. The highest BCUT2D eigenvalue weighted by molar-refractivity contribution is 7.80. The van der Waals surface area contributed by atoms with E-state index in [4.69, 9.17) is 17.0 Å². The zero-order valence-corrected chi connectivity index (χ0v) is 17.4. The smallest absolute Gasteiger partial charge is 0.270 e. The van der Waals surface area contributed by atoms with Gasteiger partial charge in [0.2, 0.25) is 0 Å². The number of thiocarbonyl (C=S) groups is 1. The largest absolute Gasteiger partial charge is 0.489 e. The first-order valence-electron chi connectivity index (χ1n) is 9.56. The van der Waals surface area contributed by atoms with Crippen LogP contribution in [0.4, 0.5) is 14.5 Å². The van der Waals surface area contributed by atoms with Crippen molar-refractivity contribution in [2.75, 3.05) is 4.90 Å². The Labute approximate surface area is 187 Å². The lowest BCUT2D eigenvalue weighted by atomic mass is 10.1. The van der Waals surface area contributed by atoms with E-state index in [2.05, 4.69) is 5.32 Å². The first-order valence-corrected chi connectivity index (χ1v) is 9.97. The molecule has 0 bridgehead atoms. The van der Waals surface area contributed by atoms with Crippen molar-refractivity contribution in [3.05, 3.63) is 101 Å². The first kappa shape index (κ1) is 21.3. The molecule has 1 heterocycles. The van der Waals surface area contributed by atoms with E-state index in [0.29, 0.717) is 16.9 Å². The zero-order valence-electron chi connectivity index (χ0n) is 16.5. The van der Waals surface area contributed by atoms with Gasteiger partial charge < -0.3 is 4.74 Å². The lowest BCUT2D eigenvalue weighted by Gasteiger charge is -2.29. The van der Waals surface area contributed by atoms with E-state index >= 15 is 0 Å². The Morgan fingerprint density at radius 1 is 0.906 bits per heavy atom. The van der Waals surface area contributed by atoms with Gasteiger partial charge in [-0.2, -0.15) is 0 Å². The second-order valence-electron chi connectivity index (χ2n) is 6.86. The molecule has 5 nitrogen and oxygen atoms in total. The number of nitrogens with one attached hydrogen (secondary N) is 1. The molecule has 8 heteroatoms. The molecule has 4 rings (SSSR count). The van der Waals surface area contributed by atoms with Gasteiger partial charge >= 0.3 is 0 Å². The molecule has 3 aromatic rings. The highest BCUT2D eigenvalue weighted by Crippen LogP contribution is 2.25. The van der Waals surface area contributed by atoms with Crippen LogP contribution >= 0.6 is 12.2 Å². The summed E-state index contributed by atoms with van der Waals surface area (Å²) in [7, 11) is 0. The Bertz CT molecular complexity index is 1240. The number of hydrogen-bond donors (Lipinski definition) is 1. The van der Waals surface area contributed by atoms with Gasteiger partial charge in [-0.15, -0.1) is 0 Å². The van der Waals surface area contributed by atoms with Crippen molar-refractivity contribution in [3.8, 4) is 5.75 Å². The molecule has 0 atom stereocenters. The number of benzene rings is 3. The van der Waals surface area contributed by atoms with E-state index in [1.165, 1.54) is 30.3 Å². The van der Waals surface area contributed by atoms with E-state index in [1.54, 1.807) is 48.5 Å². The van der Waals surface area contributed by atoms with Crippen molar-refractivity contribution >= 4 is 40.9 Å². The summed E-state index contributed by atoms with van der Waals surface area (Å²) < 4.78 is 33.5. The fraction of sp³-hybridized carbons (Fsp3) is 0.0417. The number of carbonyl (C=O) groups excluding carboxylic acids is 2. The van der Waals surface area contributed by atoms with Gasteiger partial charge in [-0.05, 0) is 54.2 Å². The van der Waals surface area contributed by atoms with E-state index in [0.717, 1.165) is 4.90 Å². The summed E-state index contributed by atoms with van der Waals surface area (Å²) in [5, 5.41) is 2.22. The SMILES string of the molecule is O=C1NC(=S)N(c2ccccc2F)C(=O)/C1=C/c1ccc(OCc2ccccc2F)cc1. The van der Waals surface area contributed by atoms with Crippen molar-refractivity contribution in [3.63, 3.8) is 0 Å². The lowest BCUT2D eigenvalue weighted by Crippen LogP contribution is -2.54. The molecule has 1 aliphatic heterocycles. The van der Waals surface area contributed by atoms with Crippen LogP contribution in [0.15, 0.2) is 78.4 Å². The van der Waals surface area contributed by atoms with Crippen LogP contribution in [-0.4, -0.2) is 16.9 Å². The van der Waals surface area contributed by atoms with Crippen LogP contribution in [0.2, 0.25) is 0 Å². The Hall–Kier alpha value is -3.91. The molecule has 0 aliphatic carbocycles. The predicted octanol–water partition coefficient (Wildman–Crippen LogP) is 4.38. The van der Waals surface area contributed by atoms with Gasteiger partial charge in [-0.25, -0.2) is 13.7 Å². The third kappa shape index (κ3) is 4.40. The van der Waals surface area contributed by atoms with E-state index in [1.807, 2.05) is 0 Å². The number of hydrogen-bond acceptors (Lipinski definition) is 4. The normalized spacial score (nSPS) is 15.1. The summed E-state index contributed by atoms with van der Waals surface area (Å²) >= 11 is 5.07. The average molecular weight is 450 g/mol. The molecule has 0 saturated carbocycles. The monoisotopic (exact) mass is 450 g/mol. The summed E-state index contributed by atoms with van der Waals surface area (Å²) in [6.45, 7) is 0.0586. The average Bonchev–Trinajstić information content (AvgIpc) is 2.78. The van der Waals surface area contributed by atoms with E-state index < -0.39 is 17.6 Å². The van der Waals surface area contributed by atoms with Crippen LogP contribution in [0.1, 0.15) is 11.1 Å². The number of halogens is 2. The van der Waals surface area contributed by atoms with Crippen molar-refractivity contribution in [2.45, 2.75) is 6.61 Å². The number of ether oxygens (including phenoxy) is 1. The van der Waals surface area contributed by atoms with Crippen LogP contribution < -0.4 is 15.0 Å². The maximum Gasteiger partial charge on any atom is 0.270 e. The summed E-state index contributed by atoms with van der Waals surface area (Å²) in [5.74, 6) is -1.91. The van der Waals surface area contributed by atoms with Crippen molar-refractivity contribution in [2.24, 2.45) is 0 Å². The quantitative estimate of drug-likeness (QED) is 0.356. The minimum atomic E-state index is -0.733. The number of amides is 2. The second kappa shape index (κ2) is 9.07. The van der Waals surface area contributed by atoms with Crippen molar-refractivity contribution < 1.29 is 23.1 Å². The fourth-order valence-electron chi connectivity index (χ4n) is 3.11. The maximum atomic E-state index is 14.2. The fourth-order valence-corrected chi connectivity index (χ4v) is 3.39. The molecule has 2 amide bonds. The standard InChI is InChI=1S/C24H16F2N2O3S/c25-19-6-2-1-5-16(19)14-31-17-11-9-15(10-12-17)13-18-22(29)27-24(32)28(23(18)30)21-8-4-3-7-20(21)26/h1-13H,14H2,(H,27,29,32)/b18-13+. The molecule has 3 aromatic carbocycles. The van der Waals surface area contributed by atoms with Gasteiger partial charge in [-0.1, -0.05) is 42.5 Å². The molecular formula is C24H16F2N2O3S. The van der Waals surface area contributed by atoms with Gasteiger partial charge in [0.1, 0.15) is 29.6 Å². The molecule has 32 heavy (non-hydrogen) atoms. The molecule has 0 aromatic heterocycles. The predicted molar refractivity (Wildman–Crippen MR) is 120 cm³/mol. The van der Waals surface area contributed by atoms with Gasteiger partial charge in [-0.3, -0.25) is 14.9 Å². The maximum absolute atomic E-state index is 14.2. The van der Waals surface area contributed by atoms with E-state index in [-0.39, 0.29) is 28.8 Å². The van der Waals surface area contributed by atoms with Gasteiger partial charge in [0.05, 0.1) is 5.69 Å². The Balaban J connectivity index is 1.54. The topological polar surface area (TPSA) is 58.6 Å². The third-order valence-corrected chi connectivity index (χ3v) is 5.02. The number of para-hydroxylation sites is 1. The number of anilines is 1. The van der Waals surface area contributed by atoms with Gasteiger partial charge in [0.15, 0.2) is 5.11 Å². The Morgan fingerprint density at radius 2 is 1.56 bits per heavy atom. The van der Waals surface area contributed by atoms with Crippen LogP contribution in [-0.2, 0) is 16.2 Å². The van der Waals surface area contributed by atoms with Crippen LogP contribution in [0.25, 0.3) is 6.08 Å². The molecule has 1 saturated heterocycles. The van der Waals surface area contributed by atoms with Crippen LogP contribution in [0.5, 0.6) is 5.75 Å². The zero-order chi connectivity index (χ0) is 22.7. The Morgan fingerprint density at radius 3 is 2.25 bits per heavy atom. The summed E-state index contributed by atoms with van der Waals surface area (Å²) in [6, 6.07) is 18.5. The first-order chi connectivity index (χ1) is 15.4. The molecule has 1 fully saturated rings. The van der Waals surface area contributed by atoms with Gasteiger partial charge in [0.25, 0.3) is 11.8 Å². The highest BCUT2D eigenvalue weighted by Gasteiger charge is 2.35. The number of nitrogens with zero attached hydrogens (tertiary/aromatic N) is 1. The van der Waals surface area contributed by atoms with Crippen LogP contribution in [0, 0.1) is 11.6 Å². The molecule has 160 valence electrons.